The Labute approximate surface area is 212 Å². The number of nitrogens with one attached hydrogen (secondary N) is 2. The van der Waals surface area contributed by atoms with Gasteiger partial charge in [-0.05, 0) is 54.8 Å². The van der Waals surface area contributed by atoms with E-state index in [0.717, 1.165) is 32.3 Å². The molecule has 2 N–H and O–H groups in total. The lowest BCUT2D eigenvalue weighted by atomic mass is 10.1. The van der Waals surface area contributed by atoms with Crippen LogP contribution in [-0.2, 0) is 10.5 Å². The zero-order valence-electron chi connectivity index (χ0n) is 19.3. The van der Waals surface area contributed by atoms with Gasteiger partial charge in [0.25, 0.3) is 5.91 Å². The van der Waals surface area contributed by atoms with Crippen LogP contribution in [0.5, 0.6) is 0 Å². The third kappa shape index (κ3) is 7.11. The molecular weight excluding hydrogens is 476 g/mol. The first-order valence-electron chi connectivity index (χ1n) is 10.9. The van der Waals surface area contributed by atoms with E-state index >= 15 is 0 Å². The zero-order chi connectivity index (χ0) is 24.6. The third-order valence-electron chi connectivity index (χ3n) is 5.07. The minimum Gasteiger partial charge on any atom is -0.322 e. The fraction of sp³-hybridized carbons (Fsp3) is 0.111. The van der Waals surface area contributed by atoms with Gasteiger partial charge in [0, 0.05) is 23.1 Å². The molecule has 4 aromatic rings. The number of hydrogen-bond donors (Lipinski definition) is 2. The predicted molar refractivity (Wildman–Crippen MR) is 144 cm³/mol. The molecule has 3 aromatic carbocycles. The summed E-state index contributed by atoms with van der Waals surface area (Å²) in [4.78, 5) is 24.7. The summed E-state index contributed by atoms with van der Waals surface area (Å²) in [6.07, 6.45) is 3.22. The van der Waals surface area contributed by atoms with Gasteiger partial charge in [0.05, 0.1) is 0 Å². The molecule has 176 valence electrons. The molecule has 0 aliphatic rings. The minimum absolute atomic E-state index is 0.137. The molecule has 0 fully saturated rings. The van der Waals surface area contributed by atoms with E-state index in [9.17, 15) is 9.59 Å². The molecule has 35 heavy (non-hydrogen) atoms. The maximum Gasteiger partial charge on any atom is 0.255 e. The van der Waals surface area contributed by atoms with Crippen molar-refractivity contribution in [3.05, 3.63) is 107 Å². The number of nitrogens with zero attached hydrogens (tertiary/aromatic N) is 2. The summed E-state index contributed by atoms with van der Waals surface area (Å²) in [5.74, 6) is 0.286. The lowest BCUT2D eigenvalue weighted by Crippen LogP contribution is -2.12. The Balaban J connectivity index is 1.27. The van der Waals surface area contributed by atoms with Crippen molar-refractivity contribution in [2.75, 3.05) is 10.6 Å². The number of carbonyl (C=O) groups excluding carboxylic acids is 2. The van der Waals surface area contributed by atoms with Gasteiger partial charge in [-0.15, -0.1) is 10.2 Å². The number of amides is 2. The smallest absolute Gasteiger partial charge is 0.255 e. The third-order valence-corrected chi connectivity index (χ3v) is 7.12. The number of thioether (sulfide) groups is 1. The number of anilines is 2. The van der Waals surface area contributed by atoms with E-state index in [1.54, 1.807) is 6.08 Å². The highest BCUT2D eigenvalue weighted by molar-refractivity contribution is 8.00. The first-order valence-corrected chi connectivity index (χ1v) is 12.7. The summed E-state index contributed by atoms with van der Waals surface area (Å²) < 4.78 is 0.754. The van der Waals surface area contributed by atoms with Crippen LogP contribution in [0.15, 0.2) is 83.2 Å². The molecule has 4 rings (SSSR count). The van der Waals surface area contributed by atoms with Crippen molar-refractivity contribution in [2.24, 2.45) is 0 Å². The van der Waals surface area contributed by atoms with Crippen LogP contribution in [0.1, 0.15) is 32.6 Å². The average Bonchev–Trinajstić information content (AvgIpc) is 3.31. The molecule has 0 unspecified atom stereocenters. The number of rotatable bonds is 8. The number of hydrogen-bond acceptors (Lipinski definition) is 6. The van der Waals surface area contributed by atoms with E-state index in [2.05, 4.69) is 20.8 Å². The van der Waals surface area contributed by atoms with Crippen molar-refractivity contribution >= 4 is 51.8 Å². The normalized spacial score (nSPS) is 10.9. The van der Waals surface area contributed by atoms with Crippen LogP contribution < -0.4 is 10.6 Å². The second-order valence-corrected chi connectivity index (χ2v) is 10.1. The van der Waals surface area contributed by atoms with Crippen molar-refractivity contribution in [3.63, 3.8) is 0 Å². The minimum atomic E-state index is -0.253. The Morgan fingerprint density at radius 3 is 2.46 bits per heavy atom. The van der Waals surface area contributed by atoms with Crippen molar-refractivity contribution < 1.29 is 9.59 Å². The van der Waals surface area contributed by atoms with Crippen molar-refractivity contribution in [2.45, 2.75) is 23.9 Å². The number of carbonyl (C=O) groups is 2. The average molecular weight is 501 g/mol. The molecule has 8 heteroatoms. The highest BCUT2D eigenvalue weighted by atomic mass is 32.2. The fourth-order valence-corrected chi connectivity index (χ4v) is 4.96. The monoisotopic (exact) mass is 500 g/mol. The van der Waals surface area contributed by atoms with Crippen LogP contribution in [0.25, 0.3) is 6.08 Å². The standard InChI is InChI=1S/C27H24N4O2S2/c1-18-8-14-23(19(2)16-18)28-25(33)22-12-9-21(10-13-22)17-34-27-31-30-26(35-27)29-24(32)15-11-20-6-4-3-5-7-20/h3-16H,17H2,1-2H3,(H,28,33)(H,29,30,32). The first-order chi connectivity index (χ1) is 17.0. The molecule has 1 heterocycles. The molecule has 0 saturated carbocycles. The van der Waals surface area contributed by atoms with Crippen LogP contribution in [-0.4, -0.2) is 22.0 Å². The Morgan fingerprint density at radius 2 is 1.71 bits per heavy atom. The quantitative estimate of drug-likeness (QED) is 0.167. The van der Waals surface area contributed by atoms with Crippen LogP contribution in [0.4, 0.5) is 10.8 Å². The second-order valence-electron chi connectivity index (χ2n) is 7.86. The molecule has 0 radical (unpaired) electrons. The topological polar surface area (TPSA) is 84.0 Å². The molecular formula is C27H24N4O2S2. The van der Waals surface area contributed by atoms with Gasteiger partial charge in [-0.2, -0.15) is 0 Å². The highest BCUT2D eigenvalue weighted by Crippen LogP contribution is 2.28. The van der Waals surface area contributed by atoms with E-state index in [1.165, 1.54) is 29.2 Å². The van der Waals surface area contributed by atoms with Gasteiger partial charge in [0.2, 0.25) is 11.0 Å². The molecule has 0 aliphatic carbocycles. The van der Waals surface area contributed by atoms with Gasteiger partial charge in [0.15, 0.2) is 4.34 Å². The Bertz CT molecular complexity index is 1350. The van der Waals surface area contributed by atoms with E-state index in [-0.39, 0.29) is 11.8 Å². The van der Waals surface area contributed by atoms with E-state index in [0.29, 0.717) is 16.4 Å². The van der Waals surface area contributed by atoms with Crippen LogP contribution in [0, 0.1) is 13.8 Å². The highest BCUT2D eigenvalue weighted by Gasteiger charge is 2.10. The molecule has 2 amide bonds. The molecule has 0 spiro atoms. The summed E-state index contributed by atoms with van der Waals surface area (Å²) in [6.45, 7) is 4.01. The molecule has 1 aromatic heterocycles. The Morgan fingerprint density at radius 1 is 0.943 bits per heavy atom. The fourth-order valence-electron chi connectivity index (χ4n) is 3.25. The molecule has 6 nitrogen and oxygen atoms in total. The summed E-state index contributed by atoms with van der Waals surface area (Å²) >= 11 is 2.85. The van der Waals surface area contributed by atoms with Crippen LogP contribution in [0.3, 0.4) is 0 Å². The Kier molecular flexibility index (Phi) is 8.07. The molecule has 0 saturated heterocycles. The van der Waals surface area contributed by atoms with Crippen LogP contribution >= 0.6 is 23.1 Å². The molecule has 0 aliphatic heterocycles. The zero-order valence-corrected chi connectivity index (χ0v) is 21.0. The largest absolute Gasteiger partial charge is 0.322 e. The Hall–Kier alpha value is -3.75. The number of aryl methyl sites for hydroxylation is 2. The maximum absolute atomic E-state index is 12.6. The van der Waals surface area contributed by atoms with Gasteiger partial charge in [-0.1, -0.05) is 83.3 Å². The lowest BCUT2D eigenvalue weighted by molar-refractivity contribution is -0.111. The van der Waals surface area contributed by atoms with E-state index < -0.39 is 0 Å². The lowest BCUT2D eigenvalue weighted by Gasteiger charge is -2.09. The van der Waals surface area contributed by atoms with Gasteiger partial charge < -0.3 is 5.32 Å². The predicted octanol–water partition coefficient (Wildman–Crippen LogP) is 6.35. The number of benzene rings is 3. The molecule has 0 atom stereocenters. The van der Waals surface area contributed by atoms with E-state index in [4.69, 9.17) is 0 Å². The van der Waals surface area contributed by atoms with Gasteiger partial charge >= 0.3 is 0 Å². The first kappa shape index (κ1) is 24.4. The summed E-state index contributed by atoms with van der Waals surface area (Å²) in [5, 5.41) is 14.3. The SMILES string of the molecule is Cc1ccc(NC(=O)c2ccc(CSc3nnc(NC(=O)C=Cc4ccccc4)s3)cc2)c(C)c1. The summed E-state index contributed by atoms with van der Waals surface area (Å²) in [5.41, 5.74) is 5.62. The van der Waals surface area contributed by atoms with Gasteiger partial charge in [-0.25, -0.2) is 0 Å². The van der Waals surface area contributed by atoms with Crippen molar-refractivity contribution in [3.8, 4) is 0 Å². The van der Waals surface area contributed by atoms with E-state index in [1.807, 2.05) is 86.6 Å². The van der Waals surface area contributed by atoms with Crippen LogP contribution in [0.2, 0.25) is 0 Å². The summed E-state index contributed by atoms with van der Waals surface area (Å²) in [6, 6.07) is 23.1. The van der Waals surface area contributed by atoms with Gasteiger partial charge in [0.1, 0.15) is 0 Å². The van der Waals surface area contributed by atoms with Crippen molar-refractivity contribution in [1.82, 2.24) is 10.2 Å². The number of aromatic nitrogens is 2. The maximum atomic E-state index is 12.6. The summed E-state index contributed by atoms with van der Waals surface area (Å²) in [7, 11) is 0. The van der Waals surface area contributed by atoms with Crippen molar-refractivity contribution in [1.29, 1.82) is 0 Å². The second kappa shape index (κ2) is 11.6. The van der Waals surface area contributed by atoms with Gasteiger partial charge in [-0.3, -0.25) is 14.9 Å². The molecule has 0 bridgehead atoms.